The maximum Gasteiger partial charge on any atom is 0.0463 e. The fourth-order valence-electron chi connectivity index (χ4n) is 1.90. The molecule has 0 saturated heterocycles. The Bertz CT molecular complexity index is 312. The van der Waals surface area contributed by atoms with Crippen molar-refractivity contribution in [1.29, 1.82) is 0 Å². The number of nitrogen functional groups attached to an aromatic ring is 1. The van der Waals surface area contributed by atoms with Gasteiger partial charge in [-0.25, -0.2) is 0 Å². The average Bonchev–Trinajstić information content (AvgIpc) is 1.80. The SMILES string of the molecule is Nc1c2c(nc3c1CC3)CC2. The van der Waals surface area contributed by atoms with Gasteiger partial charge in [-0.2, -0.15) is 0 Å². The Balaban J connectivity index is 2.34. The van der Waals surface area contributed by atoms with Gasteiger partial charge >= 0.3 is 0 Å². The summed E-state index contributed by atoms with van der Waals surface area (Å²) in [7, 11) is 0. The zero-order valence-electron chi connectivity index (χ0n) is 6.35. The van der Waals surface area contributed by atoms with Crippen LogP contribution in [0.4, 0.5) is 5.69 Å². The second kappa shape index (κ2) is 1.58. The Hall–Kier alpha value is -1.05. The van der Waals surface area contributed by atoms with Gasteiger partial charge in [0.2, 0.25) is 0 Å². The van der Waals surface area contributed by atoms with E-state index in [4.69, 9.17) is 5.73 Å². The monoisotopic (exact) mass is 146 g/mol. The molecule has 3 rings (SSSR count). The fraction of sp³-hybridized carbons (Fsp3) is 0.444. The molecule has 2 aliphatic carbocycles. The Morgan fingerprint density at radius 3 is 1.82 bits per heavy atom. The van der Waals surface area contributed by atoms with E-state index in [0.717, 1.165) is 31.4 Å². The third kappa shape index (κ3) is 0.516. The summed E-state index contributed by atoms with van der Waals surface area (Å²) < 4.78 is 0. The first-order valence-corrected chi connectivity index (χ1v) is 4.15. The van der Waals surface area contributed by atoms with Gasteiger partial charge in [0, 0.05) is 17.1 Å². The van der Waals surface area contributed by atoms with Crippen LogP contribution in [0.2, 0.25) is 0 Å². The van der Waals surface area contributed by atoms with E-state index < -0.39 is 0 Å². The molecule has 2 N–H and O–H groups in total. The second-order valence-corrected chi connectivity index (χ2v) is 3.38. The molecule has 0 aliphatic heterocycles. The summed E-state index contributed by atoms with van der Waals surface area (Å²) in [5, 5.41) is 0. The molecule has 0 unspecified atom stereocenters. The number of aromatic nitrogens is 1. The number of rotatable bonds is 0. The molecule has 1 heterocycles. The smallest absolute Gasteiger partial charge is 0.0463 e. The van der Waals surface area contributed by atoms with E-state index in [2.05, 4.69) is 4.98 Å². The van der Waals surface area contributed by atoms with E-state index in [1.807, 2.05) is 0 Å². The van der Waals surface area contributed by atoms with E-state index in [1.54, 1.807) is 0 Å². The van der Waals surface area contributed by atoms with Crippen molar-refractivity contribution in [2.45, 2.75) is 25.7 Å². The molecule has 0 aromatic carbocycles. The van der Waals surface area contributed by atoms with Crippen LogP contribution < -0.4 is 5.73 Å². The summed E-state index contributed by atoms with van der Waals surface area (Å²) in [5.41, 5.74) is 12.2. The van der Waals surface area contributed by atoms with Gasteiger partial charge < -0.3 is 5.73 Å². The normalized spacial score (nSPS) is 17.8. The van der Waals surface area contributed by atoms with Crippen LogP contribution in [0.1, 0.15) is 22.5 Å². The van der Waals surface area contributed by atoms with Crippen molar-refractivity contribution >= 4 is 5.69 Å². The number of hydrogen-bond acceptors (Lipinski definition) is 2. The maximum atomic E-state index is 5.95. The molecule has 0 fully saturated rings. The van der Waals surface area contributed by atoms with Crippen molar-refractivity contribution in [2.24, 2.45) is 0 Å². The second-order valence-electron chi connectivity index (χ2n) is 3.38. The fourth-order valence-corrected chi connectivity index (χ4v) is 1.90. The van der Waals surface area contributed by atoms with Gasteiger partial charge in [0.15, 0.2) is 0 Å². The highest BCUT2D eigenvalue weighted by atomic mass is 14.8. The number of aryl methyl sites for hydroxylation is 2. The predicted octanol–water partition coefficient (Wildman–Crippen LogP) is 0.861. The highest BCUT2D eigenvalue weighted by molar-refractivity contribution is 5.62. The number of nitrogens with two attached hydrogens (primary N) is 1. The van der Waals surface area contributed by atoms with Crippen molar-refractivity contribution in [3.8, 4) is 0 Å². The third-order valence-electron chi connectivity index (χ3n) is 2.84. The van der Waals surface area contributed by atoms with Crippen LogP contribution in [0.25, 0.3) is 0 Å². The zero-order valence-corrected chi connectivity index (χ0v) is 6.35. The quantitative estimate of drug-likeness (QED) is 0.589. The Morgan fingerprint density at radius 1 is 0.909 bits per heavy atom. The molecule has 2 nitrogen and oxygen atoms in total. The number of anilines is 1. The lowest BCUT2D eigenvalue weighted by molar-refractivity contribution is 0.712. The molecule has 1 aromatic heterocycles. The topological polar surface area (TPSA) is 38.9 Å². The molecule has 0 amide bonds. The Kier molecular flexibility index (Phi) is 0.799. The van der Waals surface area contributed by atoms with Crippen molar-refractivity contribution in [3.05, 3.63) is 22.5 Å². The van der Waals surface area contributed by atoms with Gasteiger partial charge in [-0.1, -0.05) is 0 Å². The first-order chi connectivity index (χ1) is 5.36. The molecular weight excluding hydrogens is 136 g/mol. The minimum Gasteiger partial charge on any atom is -0.398 e. The molecule has 0 radical (unpaired) electrons. The molecule has 0 saturated carbocycles. The van der Waals surface area contributed by atoms with Crippen LogP contribution in [-0.2, 0) is 25.7 Å². The number of pyridine rings is 1. The zero-order chi connectivity index (χ0) is 7.42. The van der Waals surface area contributed by atoms with Crippen molar-refractivity contribution < 1.29 is 0 Å². The first kappa shape index (κ1) is 5.58. The maximum absolute atomic E-state index is 5.95. The first-order valence-electron chi connectivity index (χ1n) is 4.15. The van der Waals surface area contributed by atoms with Gasteiger partial charge in [0.05, 0.1) is 0 Å². The number of hydrogen-bond donors (Lipinski definition) is 1. The lowest BCUT2D eigenvalue weighted by Crippen LogP contribution is -2.23. The largest absolute Gasteiger partial charge is 0.398 e. The van der Waals surface area contributed by atoms with Crippen LogP contribution in [0.15, 0.2) is 0 Å². The molecule has 1 aromatic rings. The van der Waals surface area contributed by atoms with E-state index in [9.17, 15) is 0 Å². The predicted molar refractivity (Wildman–Crippen MR) is 43.5 cm³/mol. The van der Waals surface area contributed by atoms with Crippen LogP contribution in [0.5, 0.6) is 0 Å². The van der Waals surface area contributed by atoms with Crippen molar-refractivity contribution in [1.82, 2.24) is 4.98 Å². The summed E-state index contributed by atoms with van der Waals surface area (Å²) in [6.07, 6.45) is 4.60. The van der Waals surface area contributed by atoms with Crippen LogP contribution >= 0.6 is 0 Å². The summed E-state index contributed by atoms with van der Waals surface area (Å²) in [5.74, 6) is 0. The van der Waals surface area contributed by atoms with Gasteiger partial charge in [-0.3, -0.25) is 4.98 Å². The summed E-state index contributed by atoms with van der Waals surface area (Å²) >= 11 is 0. The molecular formula is C9H10N2. The van der Waals surface area contributed by atoms with E-state index in [0.29, 0.717) is 0 Å². The molecule has 2 aliphatic rings. The van der Waals surface area contributed by atoms with Crippen LogP contribution in [0.3, 0.4) is 0 Å². The molecule has 2 heteroatoms. The van der Waals surface area contributed by atoms with Gasteiger partial charge in [0.1, 0.15) is 0 Å². The number of fused-ring (bicyclic) bond motifs is 2. The summed E-state index contributed by atoms with van der Waals surface area (Å²) in [4.78, 5) is 4.53. The van der Waals surface area contributed by atoms with E-state index in [-0.39, 0.29) is 0 Å². The molecule has 0 spiro atoms. The standard InChI is InChI=1S/C9H10N2/c10-9-5-1-3-7(5)11-8-4-2-6(8)9/h1-4H2,(H2,10,11). The lowest BCUT2D eigenvalue weighted by atomic mass is 9.83. The van der Waals surface area contributed by atoms with E-state index in [1.165, 1.54) is 22.5 Å². The van der Waals surface area contributed by atoms with Gasteiger partial charge in [-0.15, -0.1) is 0 Å². The Labute approximate surface area is 65.4 Å². The van der Waals surface area contributed by atoms with Crippen LogP contribution in [0, 0.1) is 0 Å². The van der Waals surface area contributed by atoms with Crippen molar-refractivity contribution in [2.75, 3.05) is 5.73 Å². The van der Waals surface area contributed by atoms with Gasteiger partial charge in [-0.05, 0) is 36.8 Å². The summed E-state index contributed by atoms with van der Waals surface area (Å²) in [6, 6.07) is 0. The highest BCUT2D eigenvalue weighted by Crippen LogP contribution is 2.36. The Morgan fingerprint density at radius 2 is 1.45 bits per heavy atom. The average molecular weight is 146 g/mol. The van der Waals surface area contributed by atoms with E-state index >= 15 is 0 Å². The minimum absolute atomic E-state index is 1.06. The molecule has 56 valence electrons. The molecule has 0 atom stereocenters. The molecule has 0 bridgehead atoms. The van der Waals surface area contributed by atoms with Crippen molar-refractivity contribution in [3.63, 3.8) is 0 Å². The molecule has 11 heavy (non-hydrogen) atoms. The third-order valence-corrected chi connectivity index (χ3v) is 2.84. The van der Waals surface area contributed by atoms with Gasteiger partial charge in [0.25, 0.3) is 0 Å². The number of nitrogens with zero attached hydrogens (tertiary/aromatic N) is 1. The lowest BCUT2D eigenvalue weighted by Gasteiger charge is -2.28. The summed E-state index contributed by atoms with van der Waals surface area (Å²) in [6.45, 7) is 0. The highest BCUT2D eigenvalue weighted by Gasteiger charge is 2.26. The minimum atomic E-state index is 1.06. The van der Waals surface area contributed by atoms with Crippen LogP contribution in [-0.4, -0.2) is 4.98 Å².